The molecule has 0 fully saturated rings. The molecule has 0 saturated heterocycles. The van der Waals surface area contributed by atoms with Crippen molar-refractivity contribution in [3.8, 4) is 0 Å². The number of halogens is 4. The summed E-state index contributed by atoms with van der Waals surface area (Å²) in [5.41, 5.74) is 5.13. The molecule has 1 aromatic heterocycles. The molecule has 0 aliphatic heterocycles. The lowest BCUT2D eigenvalue weighted by Crippen LogP contribution is -2.17. The molecule has 96 valence electrons. The van der Waals surface area contributed by atoms with Crippen LogP contribution in [0.4, 0.5) is 13.2 Å². The molecule has 1 nitrogen and oxygen atoms in total. The molecule has 0 amide bonds. The Kier molecular flexibility index (Phi) is 3.66. The van der Waals surface area contributed by atoms with E-state index in [0.29, 0.717) is 4.88 Å². The van der Waals surface area contributed by atoms with Gasteiger partial charge in [-0.15, -0.1) is 11.3 Å². The Morgan fingerprint density at radius 3 is 2.50 bits per heavy atom. The standard InChI is InChI=1S/C12H9ClF3NS/c13-7-3-4-8(9(6-7)12(14,15)16)11(17)10-2-1-5-18-10/h1-6,11H,17H2/t11-/m1/s1. The Morgan fingerprint density at radius 1 is 1.22 bits per heavy atom. The number of benzene rings is 1. The van der Waals surface area contributed by atoms with Crippen LogP contribution in [-0.4, -0.2) is 0 Å². The van der Waals surface area contributed by atoms with Crippen molar-refractivity contribution in [2.75, 3.05) is 0 Å². The summed E-state index contributed by atoms with van der Waals surface area (Å²) in [5.74, 6) is 0. The average molecular weight is 292 g/mol. The van der Waals surface area contributed by atoms with Crippen LogP contribution >= 0.6 is 22.9 Å². The van der Waals surface area contributed by atoms with Crippen LogP contribution < -0.4 is 5.73 Å². The minimum absolute atomic E-state index is 0.0364. The molecular formula is C12H9ClF3NS. The van der Waals surface area contributed by atoms with Crippen LogP contribution in [0.25, 0.3) is 0 Å². The summed E-state index contributed by atoms with van der Waals surface area (Å²) >= 11 is 6.94. The summed E-state index contributed by atoms with van der Waals surface area (Å²) < 4.78 is 38.8. The van der Waals surface area contributed by atoms with E-state index in [1.165, 1.54) is 23.5 Å². The number of alkyl halides is 3. The molecule has 0 spiro atoms. The minimum Gasteiger partial charge on any atom is -0.320 e. The first-order valence-electron chi connectivity index (χ1n) is 5.05. The number of hydrogen-bond acceptors (Lipinski definition) is 2. The maximum Gasteiger partial charge on any atom is 0.416 e. The fourth-order valence-electron chi connectivity index (χ4n) is 1.67. The van der Waals surface area contributed by atoms with E-state index in [9.17, 15) is 13.2 Å². The van der Waals surface area contributed by atoms with Gasteiger partial charge >= 0.3 is 6.18 Å². The topological polar surface area (TPSA) is 26.0 Å². The Labute approximate surface area is 111 Å². The molecule has 0 aliphatic carbocycles. The number of hydrogen-bond donors (Lipinski definition) is 1. The highest BCUT2D eigenvalue weighted by Crippen LogP contribution is 2.37. The van der Waals surface area contributed by atoms with E-state index < -0.39 is 17.8 Å². The van der Waals surface area contributed by atoms with Crippen molar-refractivity contribution >= 4 is 22.9 Å². The molecule has 2 rings (SSSR count). The summed E-state index contributed by atoms with van der Waals surface area (Å²) in [5, 5.41) is 1.82. The third-order valence-electron chi connectivity index (χ3n) is 2.51. The van der Waals surface area contributed by atoms with Gasteiger partial charge in [-0.25, -0.2) is 0 Å². The normalized spacial score (nSPS) is 13.6. The Hall–Kier alpha value is -1.04. The van der Waals surface area contributed by atoms with Crippen molar-refractivity contribution in [2.45, 2.75) is 12.2 Å². The Morgan fingerprint density at radius 2 is 1.94 bits per heavy atom. The van der Waals surface area contributed by atoms with Crippen molar-refractivity contribution in [2.24, 2.45) is 5.73 Å². The second-order valence-electron chi connectivity index (χ2n) is 3.72. The average Bonchev–Trinajstić information content (AvgIpc) is 2.80. The SMILES string of the molecule is N[C@@H](c1cccs1)c1ccc(Cl)cc1C(F)(F)F. The van der Waals surface area contributed by atoms with Crippen LogP contribution in [0.3, 0.4) is 0 Å². The van der Waals surface area contributed by atoms with Gasteiger partial charge in [-0.05, 0) is 29.1 Å². The van der Waals surface area contributed by atoms with E-state index in [2.05, 4.69) is 0 Å². The van der Waals surface area contributed by atoms with E-state index in [0.717, 1.165) is 6.07 Å². The minimum atomic E-state index is -4.46. The van der Waals surface area contributed by atoms with Gasteiger partial charge in [-0.2, -0.15) is 13.2 Å². The van der Waals surface area contributed by atoms with Crippen LogP contribution in [0.15, 0.2) is 35.7 Å². The maximum atomic E-state index is 12.9. The van der Waals surface area contributed by atoms with Crippen molar-refractivity contribution < 1.29 is 13.2 Å². The summed E-state index contributed by atoms with van der Waals surface area (Å²) in [6.45, 7) is 0. The van der Waals surface area contributed by atoms with Gasteiger partial charge in [0, 0.05) is 9.90 Å². The van der Waals surface area contributed by atoms with Crippen LogP contribution in [0, 0.1) is 0 Å². The molecule has 2 N–H and O–H groups in total. The van der Waals surface area contributed by atoms with Gasteiger partial charge in [0.15, 0.2) is 0 Å². The molecule has 6 heteroatoms. The second kappa shape index (κ2) is 4.91. The van der Waals surface area contributed by atoms with Crippen LogP contribution in [0.5, 0.6) is 0 Å². The second-order valence-corrected chi connectivity index (χ2v) is 5.14. The molecule has 1 heterocycles. The van der Waals surface area contributed by atoms with Crippen molar-refractivity contribution in [1.82, 2.24) is 0 Å². The molecule has 0 radical (unpaired) electrons. The monoisotopic (exact) mass is 291 g/mol. The van der Waals surface area contributed by atoms with Gasteiger partial charge in [-0.1, -0.05) is 23.7 Å². The van der Waals surface area contributed by atoms with Crippen LogP contribution in [0.1, 0.15) is 22.0 Å². The zero-order chi connectivity index (χ0) is 13.3. The maximum absolute atomic E-state index is 12.9. The summed E-state index contributed by atoms with van der Waals surface area (Å²) in [4.78, 5) is 0.683. The van der Waals surface area contributed by atoms with Gasteiger partial charge in [0.2, 0.25) is 0 Å². The molecule has 0 aliphatic rings. The Bertz CT molecular complexity index is 537. The van der Waals surface area contributed by atoms with Gasteiger partial charge in [0.1, 0.15) is 0 Å². The van der Waals surface area contributed by atoms with E-state index in [-0.39, 0.29) is 10.6 Å². The molecule has 0 unspecified atom stereocenters. The lowest BCUT2D eigenvalue weighted by molar-refractivity contribution is -0.138. The first kappa shape index (κ1) is 13.4. The van der Waals surface area contributed by atoms with Crippen molar-refractivity contribution in [3.05, 3.63) is 56.7 Å². The predicted octanol–water partition coefficient (Wildman–Crippen LogP) is 4.47. The highest BCUT2D eigenvalue weighted by molar-refractivity contribution is 7.10. The van der Waals surface area contributed by atoms with E-state index >= 15 is 0 Å². The summed E-state index contributed by atoms with van der Waals surface area (Å²) in [6.07, 6.45) is -4.46. The van der Waals surface area contributed by atoms with Crippen LogP contribution in [-0.2, 0) is 6.18 Å². The lowest BCUT2D eigenvalue weighted by Gasteiger charge is -2.17. The molecule has 1 atom stereocenters. The molecule has 18 heavy (non-hydrogen) atoms. The fourth-order valence-corrected chi connectivity index (χ4v) is 2.58. The molecule has 2 aromatic rings. The third kappa shape index (κ3) is 2.68. The van der Waals surface area contributed by atoms with E-state index in [1.54, 1.807) is 17.5 Å². The summed E-state index contributed by atoms with van der Waals surface area (Å²) in [7, 11) is 0. The largest absolute Gasteiger partial charge is 0.416 e. The van der Waals surface area contributed by atoms with E-state index in [4.69, 9.17) is 17.3 Å². The van der Waals surface area contributed by atoms with Crippen molar-refractivity contribution in [3.63, 3.8) is 0 Å². The summed E-state index contributed by atoms with van der Waals surface area (Å²) in [6, 6.07) is 6.32. The van der Waals surface area contributed by atoms with Crippen LogP contribution in [0.2, 0.25) is 5.02 Å². The third-order valence-corrected chi connectivity index (χ3v) is 3.70. The Balaban J connectivity index is 2.51. The fraction of sp³-hybridized carbons (Fsp3) is 0.167. The van der Waals surface area contributed by atoms with Crippen molar-refractivity contribution in [1.29, 1.82) is 0 Å². The molecular weight excluding hydrogens is 283 g/mol. The first-order chi connectivity index (χ1) is 8.39. The van der Waals surface area contributed by atoms with Gasteiger partial charge in [0.25, 0.3) is 0 Å². The zero-order valence-corrected chi connectivity index (χ0v) is 10.6. The number of rotatable bonds is 2. The number of thiophene rings is 1. The van der Waals surface area contributed by atoms with E-state index in [1.807, 2.05) is 0 Å². The molecule has 1 aromatic carbocycles. The van der Waals surface area contributed by atoms with Gasteiger partial charge in [0.05, 0.1) is 11.6 Å². The molecule has 0 saturated carbocycles. The van der Waals surface area contributed by atoms with Gasteiger partial charge in [-0.3, -0.25) is 0 Å². The highest BCUT2D eigenvalue weighted by atomic mass is 35.5. The zero-order valence-electron chi connectivity index (χ0n) is 9.04. The lowest BCUT2D eigenvalue weighted by atomic mass is 9.99. The number of nitrogens with two attached hydrogens (primary N) is 1. The predicted molar refractivity (Wildman–Crippen MR) is 66.8 cm³/mol. The highest BCUT2D eigenvalue weighted by Gasteiger charge is 2.35. The quantitative estimate of drug-likeness (QED) is 0.868. The first-order valence-corrected chi connectivity index (χ1v) is 6.31. The molecule has 0 bridgehead atoms. The smallest absolute Gasteiger partial charge is 0.320 e. The van der Waals surface area contributed by atoms with Gasteiger partial charge < -0.3 is 5.73 Å².